The summed E-state index contributed by atoms with van der Waals surface area (Å²) in [5, 5.41) is 0. The van der Waals surface area contributed by atoms with E-state index in [1.165, 1.54) is 0 Å². The minimum atomic E-state index is -0.219. The molecule has 0 saturated carbocycles. The van der Waals surface area contributed by atoms with Crippen molar-refractivity contribution in [2.75, 3.05) is 24.3 Å². The summed E-state index contributed by atoms with van der Waals surface area (Å²) in [4.78, 5) is 2.17. The van der Waals surface area contributed by atoms with Crippen molar-refractivity contribution in [3.8, 4) is 0 Å². The second-order valence-corrected chi connectivity index (χ2v) is 4.37. The molecule has 1 aromatic carbocycles. The number of rotatable bonds is 6. The summed E-state index contributed by atoms with van der Waals surface area (Å²) in [6.45, 7) is 8.88. The van der Waals surface area contributed by atoms with Gasteiger partial charge in [0.2, 0.25) is 0 Å². The number of nitrogen functional groups attached to an aromatic ring is 1. The largest absolute Gasteiger partial charge is 0.399 e. The molecule has 0 radical (unpaired) electrons. The zero-order valence-electron chi connectivity index (χ0n) is 11.9. The molecule has 102 valence electrons. The lowest BCUT2D eigenvalue weighted by Gasteiger charge is -2.32. The lowest BCUT2D eigenvalue weighted by atomic mass is 10.1. The summed E-state index contributed by atoms with van der Waals surface area (Å²) in [5.41, 5.74) is 8.84. The first-order chi connectivity index (χ1) is 8.49. The van der Waals surface area contributed by atoms with Crippen molar-refractivity contribution >= 4 is 11.4 Å². The van der Waals surface area contributed by atoms with Crippen LogP contribution in [0, 0.1) is 6.92 Å². The lowest BCUT2D eigenvalue weighted by Crippen LogP contribution is -2.37. The molecule has 4 nitrogen and oxygen atoms in total. The molecule has 0 spiro atoms. The molecule has 2 N–H and O–H groups in total. The SMILES string of the molecule is CCN(c1ccc(N)c(C)c1)C(C)OC(C)OC. The molecule has 18 heavy (non-hydrogen) atoms. The Balaban J connectivity index is 2.84. The molecule has 4 heteroatoms. The predicted molar refractivity (Wildman–Crippen MR) is 75.6 cm³/mol. The summed E-state index contributed by atoms with van der Waals surface area (Å²) in [6.07, 6.45) is -0.267. The van der Waals surface area contributed by atoms with E-state index in [2.05, 4.69) is 17.9 Å². The van der Waals surface area contributed by atoms with E-state index in [0.29, 0.717) is 0 Å². The molecular formula is C14H24N2O2. The number of ether oxygens (including phenoxy) is 2. The van der Waals surface area contributed by atoms with Crippen LogP contribution >= 0.6 is 0 Å². The van der Waals surface area contributed by atoms with Crippen LogP contribution in [-0.2, 0) is 9.47 Å². The molecule has 0 aliphatic heterocycles. The fourth-order valence-electron chi connectivity index (χ4n) is 1.89. The number of aryl methyl sites for hydroxylation is 1. The number of methoxy groups -OCH3 is 1. The van der Waals surface area contributed by atoms with Crippen molar-refractivity contribution < 1.29 is 9.47 Å². The van der Waals surface area contributed by atoms with E-state index in [1.54, 1.807) is 7.11 Å². The number of nitrogens with zero attached hydrogens (tertiary/aromatic N) is 1. The Hall–Kier alpha value is -1.26. The van der Waals surface area contributed by atoms with E-state index >= 15 is 0 Å². The van der Waals surface area contributed by atoms with Crippen LogP contribution in [0.15, 0.2) is 18.2 Å². The Kier molecular flexibility index (Phi) is 5.44. The fourth-order valence-corrected chi connectivity index (χ4v) is 1.89. The van der Waals surface area contributed by atoms with Crippen LogP contribution in [-0.4, -0.2) is 26.2 Å². The average molecular weight is 252 g/mol. The maximum atomic E-state index is 5.84. The highest BCUT2D eigenvalue weighted by molar-refractivity contribution is 5.58. The van der Waals surface area contributed by atoms with Gasteiger partial charge < -0.3 is 20.1 Å². The van der Waals surface area contributed by atoms with Crippen molar-refractivity contribution in [1.29, 1.82) is 0 Å². The molecule has 0 aliphatic carbocycles. The van der Waals surface area contributed by atoms with E-state index in [4.69, 9.17) is 15.2 Å². The Morgan fingerprint density at radius 2 is 2.00 bits per heavy atom. The quantitative estimate of drug-likeness (QED) is 0.624. The highest BCUT2D eigenvalue weighted by Crippen LogP contribution is 2.23. The summed E-state index contributed by atoms with van der Waals surface area (Å²) < 4.78 is 10.9. The number of benzene rings is 1. The summed E-state index contributed by atoms with van der Waals surface area (Å²) in [6, 6.07) is 6.03. The highest BCUT2D eigenvalue weighted by atomic mass is 16.7. The zero-order valence-corrected chi connectivity index (χ0v) is 11.9. The maximum Gasteiger partial charge on any atom is 0.157 e. The van der Waals surface area contributed by atoms with Crippen molar-refractivity contribution in [1.82, 2.24) is 0 Å². The van der Waals surface area contributed by atoms with Gasteiger partial charge in [-0.1, -0.05) is 0 Å². The Morgan fingerprint density at radius 3 is 2.50 bits per heavy atom. The molecule has 2 unspecified atom stereocenters. The molecule has 2 atom stereocenters. The second kappa shape index (κ2) is 6.61. The Labute approximate surface area is 110 Å². The first-order valence-electron chi connectivity index (χ1n) is 6.30. The standard InChI is InChI=1S/C14H24N2O2/c1-6-16(11(3)18-12(4)17-5)13-7-8-14(15)10(2)9-13/h7-9,11-12H,6,15H2,1-5H3. The van der Waals surface area contributed by atoms with Gasteiger partial charge >= 0.3 is 0 Å². The van der Waals surface area contributed by atoms with Gasteiger partial charge in [0.1, 0.15) is 6.23 Å². The van der Waals surface area contributed by atoms with Crippen LogP contribution in [0.2, 0.25) is 0 Å². The number of hydrogen-bond donors (Lipinski definition) is 1. The molecule has 0 fully saturated rings. The van der Waals surface area contributed by atoms with Crippen LogP contribution in [0.5, 0.6) is 0 Å². The van der Waals surface area contributed by atoms with Crippen LogP contribution in [0.1, 0.15) is 26.3 Å². The molecule has 0 saturated heterocycles. The number of anilines is 2. The molecule has 0 bridgehead atoms. The van der Waals surface area contributed by atoms with E-state index < -0.39 is 0 Å². The van der Waals surface area contributed by atoms with Crippen LogP contribution in [0.4, 0.5) is 11.4 Å². The van der Waals surface area contributed by atoms with Gasteiger partial charge in [-0.2, -0.15) is 0 Å². The molecule has 0 heterocycles. The summed E-state index contributed by atoms with van der Waals surface area (Å²) in [5.74, 6) is 0. The third-order valence-corrected chi connectivity index (χ3v) is 3.09. The van der Waals surface area contributed by atoms with Gasteiger partial charge in [-0.05, 0) is 51.5 Å². The van der Waals surface area contributed by atoms with Crippen molar-refractivity contribution in [2.24, 2.45) is 0 Å². The smallest absolute Gasteiger partial charge is 0.157 e. The van der Waals surface area contributed by atoms with Crippen molar-refractivity contribution in [3.63, 3.8) is 0 Å². The second-order valence-electron chi connectivity index (χ2n) is 4.37. The van der Waals surface area contributed by atoms with Gasteiger partial charge in [-0.25, -0.2) is 0 Å². The minimum Gasteiger partial charge on any atom is -0.399 e. The number of nitrogens with two attached hydrogens (primary N) is 1. The summed E-state index contributed by atoms with van der Waals surface area (Å²) >= 11 is 0. The zero-order chi connectivity index (χ0) is 13.7. The molecular weight excluding hydrogens is 228 g/mol. The van der Waals surface area contributed by atoms with Crippen LogP contribution in [0.3, 0.4) is 0 Å². The molecule has 1 rings (SSSR count). The van der Waals surface area contributed by atoms with Gasteiger partial charge in [0.05, 0.1) is 0 Å². The third kappa shape index (κ3) is 3.62. The first-order valence-corrected chi connectivity index (χ1v) is 6.30. The molecule has 0 aromatic heterocycles. The van der Waals surface area contributed by atoms with E-state index in [-0.39, 0.29) is 12.5 Å². The molecule has 1 aromatic rings. The summed E-state index contributed by atoms with van der Waals surface area (Å²) in [7, 11) is 1.64. The van der Waals surface area contributed by atoms with Crippen molar-refractivity contribution in [2.45, 2.75) is 40.2 Å². The van der Waals surface area contributed by atoms with E-state index in [9.17, 15) is 0 Å². The van der Waals surface area contributed by atoms with Crippen LogP contribution in [0.25, 0.3) is 0 Å². The van der Waals surface area contributed by atoms with Gasteiger partial charge in [0.25, 0.3) is 0 Å². The third-order valence-electron chi connectivity index (χ3n) is 3.09. The van der Waals surface area contributed by atoms with Crippen molar-refractivity contribution in [3.05, 3.63) is 23.8 Å². The maximum absolute atomic E-state index is 5.84. The van der Waals surface area contributed by atoms with Gasteiger partial charge in [-0.3, -0.25) is 0 Å². The minimum absolute atomic E-state index is 0.0482. The number of hydrogen-bond acceptors (Lipinski definition) is 4. The topological polar surface area (TPSA) is 47.7 Å². The van der Waals surface area contributed by atoms with E-state index in [1.807, 2.05) is 32.9 Å². The fraction of sp³-hybridized carbons (Fsp3) is 0.571. The van der Waals surface area contributed by atoms with Gasteiger partial charge in [0.15, 0.2) is 6.29 Å². The lowest BCUT2D eigenvalue weighted by molar-refractivity contribution is -0.138. The molecule has 0 aliphatic rings. The Morgan fingerprint density at radius 1 is 1.33 bits per heavy atom. The van der Waals surface area contributed by atoms with Gasteiger partial charge in [0, 0.05) is 25.0 Å². The Bertz CT molecular complexity index is 382. The predicted octanol–water partition coefficient (Wildman–Crippen LogP) is 2.76. The van der Waals surface area contributed by atoms with E-state index in [0.717, 1.165) is 23.5 Å². The van der Waals surface area contributed by atoms with Gasteiger partial charge in [-0.15, -0.1) is 0 Å². The monoisotopic (exact) mass is 252 g/mol. The highest BCUT2D eigenvalue weighted by Gasteiger charge is 2.16. The average Bonchev–Trinajstić information content (AvgIpc) is 2.34. The molecule has 0 amide bonds. The van der Waals surface area contributed by atoms with Crippen LogP contribution < -0.4 is 10.6 Å². The normalized spacial score (nSPS) is 14.3. The first kappa shape index (κ1) is 14.8.